The van der Waals surface area contributed by atoms with Crippen LogP contribution < -0.4 is 0 Å². The van der Waals surface area contributed by atoms with E-state index in [0.717, 1.165) is 11.8 Å². The fourth-order valence-electron chi connectivity index (χ4n) is 6.62. The quantitative estimate of drug-likeness (QED) is 0.122. The maximum absolute atomic E-state index is 5.64. The summed E-state index contributed by atoms with van der Waals surface area (Å²) in [7, 11) is 11.3. The third-order valence-electron chi connectivity index (χ3n) is 10.1. The Kier molecular flexibility index (Phi) is 11.6. The Bertz CT molecular complexity index is 1940. The zero-order valence-corrected chi connectivity index (χ0v) is 37.2. The minimum atomic E-state index is -1.78. The van der Waals surface area contributed by atoms with Crippen molar-refractivity contribution in [3.05, 3.63) is 131 Å². The van der Waals surface area contributed by atoms with Gasteiger partial charge >= 0.3 is 53.4 Å². The van der Waals surface area contributed by atoms with Crippen molar-refractivity contribution in [1.29, 1.82) is 0 Å². The molecule has 8 rings (SSSR count). The van der Waals surface area contributed by atoms with Gasteiger partial charge in [-0.05, 0) is 70.6 Å². The number of rotatable bonds is 4. The molecule has 2 aliphatic rings. The van der Waals surface area contributed by atoms with Gasteiger partial charge in [0, 0.05) is 0 Å². The summed E-state index contributed by atoms with van der Waals surface area (Å²) in [4.78, 5) is 0. The van der Waals surface area contributed by atoms with Gasteiger partial charge < -0.3 is 0 Å². The minimum absolute atomic E-state index is 0.208. The van der Waals surface area contributed by atoms with Crippen LogP contribution in [0.4, 0.5) is 0 Å². The summed E-state index contributed by atoms with van der Waals surface area (Å²) < 4.78 is 0. The first-order valence-electron chi connectivity index (χ1n) is 18.3. The van der Waals surface area contributed by atoms with Crippen LogP contribution in [0.2, 0.25) is 13.1 Å². The van der Waals surface area contributed by atoms with Crippen molar-refractivity contribution in [3.8, 4) is 22.3 Å². The van der Waals surface area contributed by atoms with Gasteiger partial charge in [-0.2, -0.15) is 12.1 Å². The molecule has 4 heteroatoms. The van der Waals surface area contributed by atoms with Crippen LogP contribution in [0.25, 0.3) is 43.8 Å². The summed E-state index contributed by atoms with van der Waals surface area (Å²) in [5.74, 6) is 1.65. The van der Waals surface area contributed by atoms with E-state index >= 15 is 0 Å². The van der Waals surface area contributed by atoms with Gasteiger partial charge in [-0.25, -0.2) is 0 Å². The fourth-order valence-corrected chi connectivity index (χ4v) is 6.62. The topological polar surface area (TPSA) is 0 Å². The van der Waals surface area contributed by atoms with E-state index in [1.165, 1.54) is 91.7 Å². The van der Waals surface area contributed by atoms with Gasteiger partial charge in [0.25, 0.3) is 0 Å². The molecule has 2 saturated carbocycles. The number of hydrogen-bond donors (Lipinski definition) is 0. The van der Waals surface area contributed by atoms with Gasteiger partial charge in [0.1, 0.15) is 0 Å². The number of benzene rings is 4. The van der Waals surface area contributed by atoms with E-state index in [4.69, 9.17) is 17.2 Å². The normalized spacial score (nSPS) is 14.5. The molecule has 260 valence electrons. The predicted molar refractivity (Wildman–Crippen MR) is 220 cm³/mol. The molecular weight excluding hydrogens is 830 g/mol. The summed E-state index contributed by atoms with van der Waals surface area (Å²) >= 11 is -1.78. The van der Waals surface area contributed by atoms with E-state index in [1.807, 2.05) is 0 Å². The van der Waals surface area contributed by atoms with E-state index in [1.54, 1.807) is 0 Å². The Morgan fingerprint density at radius 1 is 0.560 bits per heavy atom. The van der Waals surface area contributed by atoms with Gasteiger partial charge in [-0.15, -0.1) is 69.1 Å². The summed E-state index contributed by atoms with van der Waals surface area (Å²) in [5.41, 5.74) is 11.5. The monoisotopic (exact) mass is 882 g/mol. The van der Waals surface area contributed by atoms with Crippen molar-refractivity contribution in [3.63, 3.8) is 0 Å². The summed E-state index contributed by atoms with van der Waals surface area (Å²) in [6.45, 7) is 17.9. The molecule has 0 bridgehead atoms. The Labute approximate surface area is 316 Å². The molecule has 2 fully saturated rings. The van der Waals surface area contributed by atoms with Crippen LogP contribution in [0.1, 0.15) is 101 Å². The van der Waals surface area contributed by atoms with E-state index in [2.05, 4.69) is 164 Å². The Balaban J connectivity index is 0.000000149. The first-order chi connectivity index (χ1) is 23.7. The molecule has 6 aromatic carbocycles. The third kappa shape index (κ3) is 9.21. The van der Waals surface area contributed by atoms with Gasteiger partial charge in [0.15, 0.2) is 0 Å². The van der Waals surface area contributed by atoms with E-state index in [0.29, 0.717) is 0 Å². The van der Waals surface area contributed by atoms with Gasteiger partial charge in [0.05, 0.1) is 0 Å². The zero-order chi connectivity index (χ0) is 35.8. The molecule has 0 amide bonds. The van der Waals surface area contributed by atoms with Crippen molar-refractivity contribution in [2.24, 2.45) is 0 Å². The van der Waals surface area contributed by atoms with Crippen molar-refractivity contribution in [2.45, 2.75) is 103 Å². The Hall–Kier alpha value is -2.23. The molecule has 0 saturated heterocycles. The SMILES string of the molecule is CC(C)(C)c1ccc(-c2cccc3[cH-]c(C4CC4)cc23)cc1.CC(C)(C)c1ccc(-c2cccc3[cH-]c(C4CC4)cc23)cc1.C[Si](C)=[Hf]([Cl])[Cl]. The molecule has 0 aliphatic heterocycles. The zero-order valence-electron chi connectivity index (χ0n) is 31.1. The second-order valence-corrected chi connectivity index (χ2v) is 48.4. The van der Waals surface area contributed by atoms with Crippen LogP contribution >= 0.6 is 17.2 Å². The molecule has 0 unspecified atom stereocenters. The van der Waals surface area contributed by atoms with E-state index in [-0.39, 0.29) is 16.3 Å². The first-order valence-corrected chi connectivity index (χ1v) is 35.1. The molecule has 2 aliphatic carbocycles. The Morgan fingerprint density at radius 2 is 0.900 bits per heavy atom. The summed E-state index contributed by atoms with van der Waals surface area (Å²) in [6, 6.07) is 41.2. The molecule has 0 radical (unpaired) electrons. The molecular formula is C46H52Cl2HfSi-2. The van der Waals surface area contributed by atoms with Gasteiger partial charge in [-0.1, -0.05) is 113 Å². The molecule has 0 aromatic heterocycles. The fraction of sp³-hybridized carbons (Fsp3) is 0.348. The van der Waals surface area contributed by atoms with Crippen LogP contribution in [-0.4, -0.2) is 5.49 Å². The molecule has 0 heterocycles. The summed E-state index contributed by atoms with van der Waals surface area (Å²) in [6.07, 6.45) is 5.47. The van der Waals surface area contributed by atoms with Crippen molar-refractivity contribution < 1.29 is 17.7 Å². The van der Waals surface area contributed by atoms with Crippen molar-refractivity contribution >= 4 is 44.2 Å². The molecule has 0 N–H and O–H groups in total. The number of halogens is 2. The van der Waals surface area contributed by atoms with Crippen molar-refractivity contribution in [2.75, 3.05) is 0 Å². The Morgan fingerprint density at radius 3 is 1.18 bits per heavy atom. The van der Waals surface area contributed by atoms with Crippen molar-refractivity contribution in [1.82, 2.24) is 0 Å². The van der Waals surface area contributed by atoms with Crippen LogP contribution in [0, 0.1) is 0 Å². The second kappa shape index (κ2) is 15.4. The number of hydrogen-bond acceptors (Lipinski definition) is 0. The predicted octanol–water partition coefficient (Wildman–Crippen LogP) is 15.0. The molecule has 0 nitrogen and oxygen atoms in total. The van der Waals surface area contributed by atoms with Crippen LogP contribution in [0.15, 0.2) is 109 Å². The number of fused-ring (bicyclic) bond motifs is 2. The molecule has 0 spiro atoms. The van der Waals surface area contributed by atoms with Gasteiger partial charge in [-0.3, -0.25) is 0 Å². The maximum atomic E-state index is 5.64. The van der Waals surface area contributed by atoms with Gasteiger partial charge in [0.2, 0.25) is 0 Å². The van der Waals surface area contributed by atoms with E-state index < -0.39 is 17.7 Å². The molecule has 6 aromatic rings. The van der Waals surface area contributed by atoms with E-state index in [9.17, 15) is 0 Å². The molecule has 0 atom stereocenters. The first kappa shape index (κ1) is 37.5. The standard InChI is InChI=1S/2C22H23.C2H6Si.2ClH.Hf/c2*1-22(2,3)19-11-9-16(10-12-19)20-6-4-5-17-13-18(14-21(17)20)15-7-8-15;1-3-2;;;/h2*4-6,9-15H,7-8H2,1-3H3;1-2H3;2*1H;/q2*-1;;;;+2/p-2. The van der Waals surface area contributed by atoms with Crippen LogP contribution in [0.3, 0.4) is 0 Å². The third-order valence-corrected chi connectivity index (χ3v) is 37.6. The molecule has 50 heavy (non-hydrogen) atoms. The van der Waals surface area contributed by atoms with Crippen LogP contribution in [0.5, 0.6) is 0 Å². The second-order valence-electron chi connectivity index (χ2n) is 16.7. The average Bonchev–Trinajstić information content (AvgIpc) is 4.02. The van der Waals surface area contributed by atoms with Crippen LogP contribution in [-0.2, 0) is 28.5 Å². The summed E-state index contributed by atoms with van der Waals surface area (Å²) in [5, 5.41) is 5.60. The average molecular weight is 882 g/mol.